The van der Waals surface area contributed by atoms with Crippen LogP contribution in [0.5, 0.6) is 0 Å². The first-order chi connectivity index (χ1) is 4.57. The molecule has 1 atom stereocenters. The van der Waals surface area contributed by atoms with E-state index in [9.17, 15) is 9.36 Å². The molecule has 0 radical (unpaired) electrons. The van der Waals surface area contributed by atoms with E-state index in [-0.39, 0.29) is 0 Å². The van der Waals surface area contributed by atoms with E-state index in [0.29, 0.717) is 0 Å². The van der Waals surface area contributed by atoms with Crippen molar-refractivity contribution < 1.29 is 23.6 Å². The number of rotatable bonds is 2. The molecule has 0 saturated heterocycles. The van der Waals surface area contributed by atoms with E-state index in [0.717, 1.165) is 6.92 Å². The smallest absolute Gasteiger partial charge is 0.356 e. The first-order valence-electron chi connectivity index (χ1n) is 2.15. The zero-order chi connectivity index (χ0) is 8.15. The lowest BCUT2D eigenvalue weighted by molar-refractivity contribution is -0.118. The van der Waals surface area contributed by atoms with Gasteiger partial charge in [-0.05, 0) is 0 Å². The van der Waals surface area contributed by atoms with Crippen LogP contribution in [0.2, 0.25) is 0 Å². The van der Waals surface area contributed by atoms with Crippen molar-refractivity contribution in [1.29, 1.82) is 0 Å². The number of hydrogen-bond donors (Lipinski definition) is 1. The fraction of sp³-hybridized carbons (Fsp3) is 0.333. The second-order valence-corrected chi connectivity index (χ2v) is 1.95. The van der Waals surface area contributed by atoms with Crippen LogP contribution in [0.25, 0.3) is 5.53 Å². The van der Waals surface area contributed by atoms with Crippen LogP contribution < -0.4 is 0 Å². The Labute approximate surface area is 57.0 Å². The molecular formula is C3H4N2O4P+. The van der Waals surface area contributed by atoms with Gasteiger partial charge in [0.15, 0.2) is 0 Å². The van der Waals surface area contributed by atoms with Crippen molar-refractivity contribution in [3.8, 4) is 0 Å². The standard InChI is InChI=1S/C3H3N2O4P/c1-2(6)3(5-4)9-10(7)8/h1H3/p+1. The molecule has 0 bridgehead atoms. The highest BCUT2D eigenvalue weighted by Gasteiger charge is 2.29. The summed E-state index contributed by atoms with van der Waals surface area (Å²) in [7, 11) is -2.94. The molecule has 7 heteroatoms. The molecular weight excluding hydrogens is 159 g/mol. The van der Waals surface area contributed by atoms with Gasteiger partial charge in [-0.25, -0.2) is 0 Å². The first-order valence-corrected chi connectivity index (χ1v) is 3.28. The largest absolute Gasteiger partial charge is 0.754 e. The summed E-state index contributed by atoms with van der Waals surface area (Å²) in [6.07, 6.45) is 0. The van der Waals surface area contributed by atoms with Gasteiger partial charge in [0, 0.05) is 11.5 Å². The Balaban J connectivity index is 4.27. The highest BCUT2D eigenvalue weighted by atomic mass is 31.1. The molecule has 1 unspecified atom stereocenters. The molecule has 0 aliphatic rings. The summed E-state index contributed by atoms with van der Waals surface area (Å²) in [5.41, 5.74) is 7.95. The van der Waals surface area contributed by atoms with Crippen molar-refractivity contribution in [2.24, 2.45) is 0 Å². The zero-order valence-electron chi connectivity index (χ0n) is 5.01. The maximum absolute atomic E-state index is 10.3. The monoisotopic (exact) mass is 163 g/mol. The predicted molar refractivity (Wildman–Crippen MR) is 30.2 cm³/mol. The van der Waals surface area contributed by atoms with Gasteiger partial charge < -0.3 is 5.53 Å². The lowest BCUT2D eigenvalue weighted by atomic mass is 10.5. The Morgan fingerprint density at radius 3 is 2.40 bits per heavy atom. The summed E-state index contributed by atoms with van der Waals surface area (Å²) in [5.74, 6) is -1.50. The van der Waals surface area contributed by atoms with Crippen LogP contribution in [-0.2, 0) is 13.9 Å². The minimum atomic E-state index is -2.94. The Morgan fingerprint density at radius 1 is 1.80 bits per heavy atom. The molecule has 1 N–H and O–H groups in total. The lowest BCUT2D eigenvalue weighted by Gasteiger charge is -1.74. The molecule has 0 aliphatic heterocycles. The fourth-order valence-corrected chi connectivity index (χ4v) is 0.540. The lowest BCUT2D eigenvalue weighted by Crippen LogP contribution is -2.11. The van der Waals surface area contributed by atoms with Crippen LogP contribution in [-0.4, -0.2) is 21.4 Å². The summed E-state index contributed by atoms with van der Waals surface area (Å²) in [6.45, 7) is 1.04. The van der Waals surface area contributed by atoms with Gasteiger partial charge in [-0.3, -0.25) is 4.79 Å². The van der Waals surface area contributed by atoms with Crippen LogP contribution in [0.1, 0.15) is 6.92 Å². The van der Waals surface area contributed by atoms with E-state index in [2.05, 4.69) is 9.31 Å². The van der Waals surface area contributed by atoms with Gasteiger partial charge in [-0.15, -0.1) is 14.2 Å². The van der Waals surface area contributed by atoms with Crippen molar-refractivity contribution in [3.05, 3.63) is 5.53 Å². The Bertz CT molecular complexity index is 219. The molecule has 10 heavy (non-hydrogen) atoms. The number of Topliss-reactive ketones (excluding diaryl/α,β-unsaturated/α-hetero) is 1. The van der Waals surface area contributed by atoms with Crippen molar-refractivity contribution in [2.75, 3.05) is 0 Å². The Hall–Kier alpha value is -1.09. The molecule has 54 valence electrons. The molecule has 0 spiro atoms. The highest BCUT2D eigenvalue weighted by molar-refractivity contribution is 7.33. The van der Waals surface area contributed by atoms with E-state index < -0.39 is 19.9 Å². The second kappa shape index (κ2) is 3.85. The van der Waals surface area contributed by atoms with E-state index in [1.54, 1.807) is 0 Å². The summed E-state index contributed by atoms with van der Waals surface area (Å²) in [6, 6.07) is 0. The average molecular weight is 163 g/mol. The van der Waals surface area contributed by atoms with Gasteiger partial charge in [-0.1, -0.05) is 0 Å². The number of ketones is 1. The van der Waals surface area contributed by atoms with Crippen LogP contribution in [0, 0.1) is 0 Å². The van der Waals surface area contributed by atoms with Crippen LogP contribution in [0.3, 0.4) is 0 Å². The zero-order valence-corrected chi connectivity index (χ0v) is 5.91. The normalized spacial score (nSPS) is 9.60. The van der Waals surface area contributed by atoms with E-state index >= 15 is 0 Å². The SMILES string of the molecule is CC(=O)C(=[N+]=[N-])O[P+](=O)O. The average Bonchev–Trinajstić information content (AvgIpc) is 1.81. The van der Waals surface area contributed by atoms with E-state index in [1.165, 1.54) is 0 Å². The molecule has 0 rings (SSSR count). The molecule has 0 aromatic rings. The third-order valence-electron chi connectivity index (χ3n) is 0.557. The summed E-state index contributed by atoms with van der Waals surface area (Å²) < 4.78 is 13.7. The van der Waals surface area contributed by atoms with Crippen molar-refractivity contribution in [2.45, 2.75) is 6.92 Å². The summed E-state index contributed by atoms with van der Waals surface area (Å²) >= 11 is 0. The third kappa shape index (κ3) is 3.04. The molecule has 6 nitrogen and oxygen atoms in total. The maximum Gasteiger partial charge on any atom is 0.754 e. The van der Waals surface area contributed by atoms with Crippen molar-refractivity contribution in [1.82, 2.24) is 0 Å². The molecule has 0 aromatic carbocycles. The number of carbonyl (C=O) groups excluding carboxylic acids is 1. The second-order valence-electron chi connectivity index (χ2n) is 1.29. The molecule has 0 saturated carbocycles. The minimum Gasteiger partial charge on any atom is -0.356 e. The number of nitrogens with zero attached hydrogens (tertiary/aromatic N) is 2. The summed E-state index contributed by atoms with van der Waals surface area (Å²) in [4.78, 5) is 20.6. The van der Waals surface area contributed by atoms with E-state index in [4.69, 9.17) is 10.4 Å². The molecule has 0 aliphatic carbocycles. The van der Waals surface area contributed by atoms with Crippen LogP contribution >= 0.6 is 8.25 Å². The first kappa shape index (κ1) is 8.91. The molecule has 0 amide bonds. The maximum atomic E-state index is 10.3. The topological polar surface area (TPSA) is 100 Å². The van der Waals surface area contributed by atoms with Crippen molar-refractivity contribution in [3.63, 3.8) is 0 Å². The molecule has 0 aromatic heterocycles. The minimum absolute atomic E-state index is 0.722. The fourth-order valence-electron chi connectivity index (χ4n) is 0.227. The molecule has 0 fully saturated rings. The number of carbonyl (C=O) groups is 1. The van der Waals surface area contributed by atoms with Gasteiger partial charge in [0.1, 0.15) is 0 Å². The van der Waals surface area contributed by atoms with Gasteiger partial charge in [0.25, 0.3) is 5.78 Å². The van der Waals surface area contributed by atoms with Gasteiger partial charge >= 0.3 is 14.2 Å². The van der Waals surface area contributed by atoms with Crippen molar-refractivity contribution >= 4 is 19.9 Å². The Morgan fingerprint density at radius 2 is 2.30 bits per heavy atom. The quantitative estimate of drug-likeness (QED) is 0.201. The predicted octanol–water partition coefficient (Wildman–Crippen LogP) is -0.130. The molecule has 0 heterocycles. The number of hydrogen-bond acceptors (Lipinski definition) is 3. The van der Waals surface area contributed by atoms with Crippen LogP contribution in [0.4, 0.5) is 0 Å². The van der Waals surface area contributed by atoms with Crippen LogP contribution in [0.15, 0.2) is 0 Å². The van der Waals surface area contributed by atoms with Gasteiger partial charge in [0.2, 0.25) is 0 Å². The van der Waals surface area contributed by atoms with Gasteiger partial charge in [0.05, 0.1) is 0 Å². The summed E-state index contributed by atoms with van der Waals surface area (Å²) in [5, 5.41) is 0. The van der Waals surface area contributed by atoms with Gasteiger partial charge in [-0.2, -0.15) is 0 Å². The third-order valence-corrected chi connectivity index (χ3v) is 0.886. The van der Waals surface area contributed by atoms with E-state index in [1.807, 2.05) is 0 Å². The highest BCUT2D eigenvalue weighted by Crippen LogP contribution is 2.14. The Kier molecular flexibility index (Phi) is 3.43.